The largest absolute Gasteiger partial charge is 0.435 e. The standard InChI is InChI=1S/C24H25ClF3N7O2/c1-33-19(17-12-35(15-3-4-15)32-20(17)24(26,27)28)10-30-21(33)22(36)31-14-2-5-16(18(25)8-14)23(37)34-7-6-13(9-29)11-34/h2,5,8,10,12-13,15H,3-4,6-7,9,11,29H2,1H3,(H,31,36)/t13-/m1/s1. The molecule has 13 heteroatoms. The molecule has 9 nitrogen and oxygen atoms in total. The van der Waals surface area contributed by atoms with Crippen LogP contribution in [0, 0.1) is 5.92 Å². The van der Waals surface area contributed by atoms with Crippen LogP contribution in [0.3, 0.4) is 0 Å². The molecule has 0 bridgehead atoms. The molecule has 0 radical (unpaired) electrons. The lowest BCUT2D eigenvalue weighted by Gasteiger charge is -2.17. The predicted octanol–water partition coefficient (Wildman–Crippen LogP) is 3.96. The number of likely N-dealkylation sites (tertiary alicyclic amines) is 1. The van der Waals surface area contributed by atoms with Crippen LogP contribution in [-0.2, 0) is 13.2 Å². The SMILES string of the molecule is Cn1c(-c2cn(C3CC3)nc2C(F)(F)F)cnc1C(=O)Nc1ccc(C(=O)N2CC[C@H](CN)C2)c(Cl)c1. The number of nitrogens with one attached hydrogen (secondary N) is 1. The number of aromatic nitrogens is 4. The van der Waals surface area contributed by atoms with Crippen molar-refractivity contribution in [3.8, 4) is 11.3 Å². The maximum atomic E-state index is 13.6. The minimum absolute atomic E-state index is 0.0435. The molecule has 1 saturated carbocycles. The third kappa shape index (κ3) is 4.95. The second-order valence-electron chi connectivity index (χ2n) is 9.42. The Hall–Kier alpha value is -3.38. The molecule has 3 aromatic rings. The Labute approximate surface area is 215 Å². The molecule has 2 amide bonds. The van der Waals surface area contributed by atoms with E-state index in [1.54, 1.807) is 11.0 Å². The van der Waals surface area contributed by atoms with Crippen molar-refractivity contribution < 1.29 is 22.8 Å². The normalized spacial score (nSPS) is 17.9. The number of halogens is 4. The fraction of sp³-hybridized carbons (Fsp3) is 0.417. The van der Waals surface area contributed by atoms with E-state index in [1.807, 2.05) is 0 Å². The monoisotopic (exact) mass is 535 g/mol. The van der Waals surface area contributed by atoms with E-state index in [1.165, 1.54) is 40.8 Å². The molecule has 2 aliphatic rings. The van der Waals surface area contributed by atoms with Crippen molar-refractivity contribution in [3.63, 3.8) is 0 Å². The number of nitrogens with zero attached hydrogens (tertiary/aromatic N) is 5. The molecule has 1 saturated heterocycles. The Balaban J connectivity index is 1.34. The number of carbonyl (C=O) groups is 2. The fourth-order valence-electron chi connectivity index (χ4n) is 4.52. The molecular formula is C24H25ClF3N7O2. The Kier molecular flexibility index (Phi) is 6.48. The third-order valence-electron chi connectivity index (χ3n) is 6.75. The number of nitrogens with two attached hydrogens (primary N) is 1. The van der Waals surface area contributed by atoms with Crippen molar-refractivity contribution in [2.45, 2.75) is 31.5 Å². The first-order valence-electron chi connectivity index (χ1n) is 11.9. The van der Waals surface area contributed by atoms with Crippen LogP contribution in [-0.4, -0.2) is 55.7 Å². The molecule has 2 aromatic heterocycles. The molecule has 0 unspecified atom stereocenters. The Morgan fingerprint density at radius 3 is 2.62 bits per heavy atom. The number of hydrogen-bond donors (Lipinski definition) is 2. The van der Waals surface area contributed by atoms with Gasteiger partial charge in [-0.1, -0.05) is 11.6 Å². The van der Waals surface area contributed by atoms with Crippen molar-refractivity contribution in [1.82, 2.24) is 24.2 Å². The highest BCUT2D eigenvalue weighted by Crippen LogP contribution is 2.41. The van der Waals surface area contributed by atoms with Crippen LogP contribution >= 0.6 is 11.6 Å². The van der Waals surface area contributed by atoms with Gasteiger partial charge in [0.2, 0.25) is 0 Å². The van der Waals surface area contributed by atoms with Crippen molar-refractivity contribution in [1.29, 1.82) is 0 Å². The summed E-state index contributed by atoms with van der Waals surface area (Å²) in [4.78, 5) is 31.5. The van der Waals surface area contributed by atoms with Crippen molar-refractivity contribution in [2.75, 3.05) is 25.0 Å². The predicted molar refractivity (Wildman–Crippen MR) is 130 cm³/mol. The van der Waals surface area contributed by atoms with Crippen LogP contribution < -0.4 is 11.1 Å². The summed E-state index contributed by atoms with van der Waals surface area (Å²) in [5.74, 6) is -0.681. The summed E-state index contributed by atoms with van der Waals surface area (Å²) in [5.41, 5.74) is 5.28. The van der Waals surface area contributed by atoms with E-state index in [9.17, 15) is 22.8 Å². The summed E-state index contributed by atoms with van der Waals surface area (Å²) < 4.78 is 43.6. The molecule has 1 aliphatic heterocycles. The Bertz CT molecular complexity index is 1360. The van der Waals surface area contributed by atoms with Gasteiger partial charge in [-0.05, 0) is 49.9 Å². The third-order valence-corrected chi connectivity index (χ3v) is 7.07. The van der Waals surface area contributed by atoms with Crippen LogP contribution in [0.15, 0.2) is 30.6 Å². The van der Waals surface area contributed by atoms with Crippen LogP contribution in [0.5, 0.6) is 0 Å². The molecule has 1 aliphatic carbocycles. The Morgan fingerprint density at radius 1 is 1.24 bits per heavy atom. The summed E-state index contributed by atoms with van der Waals surface area (Å²) in [6.07, 6.45) is 0.305. The lowest BCUT2D eigenvalue weighted by Crippen LogP contribution is -2.30. The van der Waals surface area contributed by atoms with E-state index in [2.05, 4.69) is 15.4 Å². The lowest BCUT2D eigenvalue weighted by atomic mass is 10.1. The molecule has 196 valence electrons. The van der Waals surface area contributed by atoms with Crippen LogP contribution in [0.1, 0.15) is 52.0 Å². The van der Waals surface area contributed by atoms with Crippen LogP contribution in [0.4, 0.5) is 18.9 Å². The van der Waals surface area contributed by atoms with E-state index in [4.69, 9.17) is 17.3 Å². The van der Waals surface area contributed by atoms with Gasteiger partial charge in [-0.2, -0.15) is 18.3 Å². The summed E-state index contributed by atoms with van der Waals surface area (Å²) in [6.45, 7) is 1.69. The van der Waals surface area contributed by atoms with E-state index in [0.29, 0.717) is 30.9 Å². The first-order valence-corrected chi connectivity index (χ1v) is 12.2. The van der Waals surface area contributed by atoms with Gasteiger partial charge in [0.05, 0.1) is 34.1 Å². The van der Waals surface area contributed by atoms with Gasteiger partial charge in [0, 0.05) is 32.0 Å². The van der Waals surface area contributed by atoms with E-state index < -0.39 is 17.8 Å². The molecule has 3 N–H and O–H groups in total. The minimum Gasteiger partial charge on any atom is -0.338 e. The molecule has 1 aromatic carbocycles. The van der Waals surface area contributed by atoms with E-state index in [0.717, 1.165) is 19.3 Å². The molecule has 37 heavy (non-hydrogen) atoms. The molecule has 1 atom stereocenters. The number of alkyl halides is 3. The highest BCUT2D eigenvalue weighted by Gasteiger charge is 2.40. The second-order valence-corrected chi connectivity index (χ2v) is 9.82. The van der Waals surface area contributed by atoms with Gasteiger partial charge in [-0.15, -0.1) is 0 Å². The second kappa shape index (κ2) is 9.49. The maximum absolute atomic E-state index is 13.6. The van der Waals surface area contributed by atoms with E-state index in [-0.39, 0.29) is 40.0 Å². The number of carbonyl (C=O) groups excluding carboxylic acids is 2. The molecule has 2 fully saturated rings. The first-order chi connectivity index (χ1) is 17.6. The maximum Gasteiger partial charge on any atom is 0.435 e. The summed E-state index contributed by atoms with van der Waals surface area (Å²) in [6, 6.07) is 4.48. The van der Waals surface area contributed by atoms with Gasteiger partial charge >= 0.3 is 6.18 Å². The first kappa shape index (κ1) is 25.3. The Morgan fingerprint density at radius 2 is 2.00 bits per heavy atom. The van der Waals surface area contributed by atoms with Gasteiger partial charge in [-0.25, -0.2) is 4.98 Å². The zero-order valence-corrected chi connectivity index (χ0v) is 20.7. The number of anilines is 1. The smallest absolute Gasteiger partial charge is 0.338 e. The fourth-order valence-corrected chi connectivity index (χ4v) is 4.78. The van der Waals surface area contributed by atoms with E-state index >= 15 is 0 Å². The average Bonchev–Trinajstić information content (AvgIpc) is 3.25. The molecule has 0 spiro atoms. The van der Waals surface area contributed by atoms with Gasteiger partial charge in [-0.3, -0.25) is 14.3 Å². The lowest BCUT2D eigenvalue weighted by molar-refractivity contribution is -0.141. The van der Waals surface area contributed by atoms with Gasteiger partial charge in [0.1, 0.15) is 0 Å². The molecule has 3 heterocycles. The molecular weight excluding hydrogens is 511 g/mol. The summed E-state index contributed by atoms with van der Waals surface area (Å²) in [5, 5.41) is 6.56. The summed E-state index contributed by atoms with van der Waals surface area (Å²) in [7, 11) is 1.46. The zero-order chi connectivity index (χ0) is 26.5. The molecule has 5 rings (SSSR count). The summed E-state index contributed by atoms with van der Waals surface area (Å²) >= 11 is 6.35. The minimum atomic E-state index is -4.65. The highest BCUT2D eigenvalue weighted by molar-refractivity contribution is 6.34. The number of benzene rings is 1. The topological polar surface area (TPSA) is 111 Å². The average molecular weight is 536 g/mol. The highest BCUT2D eigenvalue weighted by atomic mass is 35.5. The van der Waals surface area contributed by atoms with Crippen LogP contribution in [0.25, 0.3) is 11.3 Å². The van der Waals surface area contributed by atoms with Crippen molar-refractivity contribution in [2.24, 2.45) is 18.7 Å². The van der Waals surface area contributed by atoms with Gasteiger partial charge < -0.3 is 20.5 Å². The number of amides is 2. The zero-order valence-electron chi connectivity index (χ0n) is 19.9. The number of imidazole rings is 1. The van der Waals surface area contributed by atoms with Crippen molar-refractivity contribution >= 4 is 29.1 Å². The van der Waals surface area contributed by atoms with Crippen molar-refractivity contribution in [3.05, 3.63) is 52.7 Å². The van der Waals surface area contributed by atoms with Gasteiger partial charge in [0.15, 0.2) is 11.5 Å². The number of hydrogen-bond acceptors (Lipinski definition) is 5. The quantitative estimate of drug-likeness (QED) is 0.496. The van der Waals surface area contributed by atoms with Crippen LogP contribution in [0.2, 0.25) is 5.02 Å². The number of rotatable bonds is 6. The van der Waals surface area contributed by atoms with Gasteiger partial charge in [0.25, 0.3) is 11.8 Å².